The molecule has 162 valence electrons. The zero-order valence-corrected chi connectivity index (χ0v) is 17.4. The average Bonchev–Trinajstić information content (AvgIpc) is 3.34. The molecule has 1 aliphatic heterocycles. The Hall–Kier alpha value is -3.64. The fourth-order valence-electron chi connectivity index (χ4n) is 4.01. The molecule has 1 aliphatic rings. The van der Waals surface area contributed by atoms with Gasteiger partial charge in [0.2, 0.25) is 0 Å². The molecule has 2 heterocycles. The number of rotatable bonds is 6. The van der Waals surface area contributed by atoms with Crippen LogP contribution in [-0.2, 0) is 16.1 Å². The van der Waals surface area contributed by atoms with Crippen molar-refractivity contribution in [2.75, 3.05) is 13.2 Å². The Kier molecular flexibility index (Phi) is 5.60. The summed E-state index contributed by atoms with van der Waals surface area (Å²) in [6, 6.07) is 19.7. The van der Waals surface area contributed by atoms with Crippen LogP contribution in [0.2, 0.25) is 0 Å². The van der Waals surface area contributed by atoms with Gasteiger partial charge in [-0.3, -0.25) is 0 Å². The molecule has 0 bridgehead atoms. The fourth-order valence-corrected chi connectivity index (χ4v) is 4.01. The molecule has 3 aromatic carbocycles. The van der Waals surface area contributed by atoms with Gasteiger partial charge in [-0.05, 0) is 53.9 Å². The molecule has 4 aromatic rings. The Morgan fingerprint density at radius 3 is 2.69 bits per heavy atom. The molecule has 1 unspecified atom stereocenters. The number of fused-ring (bicyclic) bond motifs is 3. The Balaban J connectivity index is 1.31. The number of hydrogen-bond donors (Lipinski definition) is 0. The summed E-state index contributed by atoms with van der Waals surface area (Å²) in [5.74, 6) is 0.201. The van der Waals surface area contributed by atoms with Crippen LogP contribution in [0.5, 0.6) is 5.75 Å². The summed E-state index contributed by atoms with van der Waals surface area (Å²) in [4.78, 5) is 24.6. The first kappa shape index (κ1) is 20.3. The van der Waals surface area contributed by atoms with E-state index >= 15 is 0 Å². The van der Waals surface area contributed by atoms with Gasteiger partial charge in [-0.1, -0.05) is 30.3 Å². The van der Waals surface area contributed by atoms with Crippen LogP contribution in [0.15, 0.2) is 75.9 Å². The topological polar surface area (TPSA) is 75.0 Å². The molecule has 1 fully saturated rings. The molecule has 6 heteroatoms. The van der Waals surface area contributed by atoms with E-state index in [0.717, 1.165) is 35.6 Å². The van der Waals surface area contributed by atoms with Crippen LogP contribution in [-0.4, -0.2) is 25.3 Å². The minimum absolute atomic E-state index is 0.0355. The highest BCUT2D eigenvalue weighted by atomic mass is 16.5. The van der Waals surface area contributed by atoms with Gasteiger partial charge in [0.15, 0.2) is 0 Å². The predicted octanol–water partition coefficient (Wildman–Crippen LogP) is 4.86. The molecule has 0 radical (unpaired) electrons. The van der Waals surface area contributed by atoms with Crippen molar-refractivity contribution in [3.63, 3.8) is 0 Å². The molecule has 1 aromatic heterocycles. The van der Waals surface area contributed by atoms with E-state index in [1.165, 1.54) is 6.07 Å². The summed E-state index contributed by atoms with van der Waals surface area (Å²) >= 11 is 0. The summed E-state index contributed by atoms with van der Waals surface area (Å²) in [6.45, 7) is 1.25. The highest BCUT2D eigenvalue weighted by molar-refractivity contribution is 6.07. The molecule has 5 rings (SSSR count). The predicted molar refractivity (Wildman–Crippen MR) is 120 cm³/mol. The van der Waals surface area contributed by atoms with E-state index in [9.17, 15) is 9.59 Å². The van der Waals surface area contributed by atoms with Crippen LogP contribution < -0.4 is 10.4 Å². The summed E-state index contributed by atoms with van der Waals surface area (Å²) in [5.41, 5.74) is 1.01. The van der Waals surface area contributed by atoms with Gasteiger partial charge in [-0.2, -0.15) is 0 Å². The van der Waals surface area contributed by atoms with E-state index in [1.54, 1.807) is 30.3 Å². The third-order valence-electron chi connectivity index (χ3n) is 5.62. The number of ether oxygens (including phenoxy) is 3. The molecule has 32 heavy (non-hydrogen) atoms. The summed E-state index contributed by atoms with van der Waals surface area (Å²) < 4.78 is 22.2. The second-order valence-corrected chi connectivity index (χ2v) is 7.80. The fraction of sp³-hybridized carbons (Fsp3) is 0.231. The largest absolute Gasteiger partial charge is 0.491 e. The quantitative estimate of drug-likeness (QED) is 0.247. The second-order valence-electron chi connectivity index (χ2n) is 7.80. The summed E-state index contributed by atoms with van der Waals surface area (Å²) in [6.07, 6.45) is 2.20. The lowest BCUT2D eigenvalue weighted by molar-refractivity contribution is 0.0473. The molecule has 1 atom stereocenters. The standard InChI is InChI=1S/C26H22O6/c27-24-14-19(25-22-6-2-1-4-17(22)9-12-23(25)32-24)15-31-26(28)18-7-10-20(11-8-18)30-16-21-5-3-13-29-21/h1-2,4,6-12,14,21H,3,5,13,15-16H2. The highest BCUT2D eigenvalue weighted by Gasteiger charge is 2.16. The van der Waals surface area contributed by atoms with E-state index in [1.807, 2.05) is 30.3 Å². The number of carbonyl (C=O) groups excluding carboxylic acids is 1. The smallest absolute Gasteiger partial charge is 0.338 e. The van der Waals surface area contributed by atoms with Crippen molar-refractivity contribution in [3.8, 4) is 5.75 Å². The lowest BCUT2D eigenvalue weighted by Gasteiger charge is -2.12. The van der Waals surface area contributed by atoms with E-state index < -0.39 is 11.6 Å². The minimum atomic E-state index is -0.480. The van der Waals surface area contributed by atoms with E-state index in [-0.39, 0.29) is 12.7 Å². The summed E-state index contributed by atoms with van der Waals surface area (Å²) in [7, 11) is 0. The lowest BCUT2D eigenvalue weighted by atomic mass is 10.0. The van der Waals surface area contributed by atoms with Crippen LogP contribution in [0.25, 0.3) is 21.7 Å². The Morgan fingerprint density at radius 1 is 1.03 bits per heavy atom. The van der Waals surface area contributed by atoms with Gasteiger partial charge in [0.1, 0.15) is 24.5 Å². The van der Waals surface area contributed by atoms with Crippen molar-refractivity contribution in [1.29, 1.82) is 0 Å². The van der Waals surface area contributed by atoms with E-state index in [2.05, 4.69) is 0 Å². The Morgan fingerprint density at radius 2 is 1.88 bits per heavy atom. The second kappa shape index (κ2) is 8.85. The van der Waals surface area contributed by atoms with E-state index in [0.29, 0.717) is 29.1 Å². The minimum Gasteiger partial charge on any atom is -0.491 e. The number of hydrogen-bond acceptors (Lipinski definition) is 6. The maximum Gasteiger partial charge on any atom is 0.338 e. The van der Waals surface area contributed by atoms with Crippen molar-refractivity contribution >= 4 is 27.7 Å². The van der Waals surface area contributed by atoms with Crippen molar-refractivity contribution in [3.05, 3.63) is 88.3 Å². The van der Waals surface area contributed by atoms with Crippen LogP contribution in [0.1, 0.15) is 28.8 Å². The normalized spacial score (nSPS) is 15.8. The first-order valence-corrected chi connectivity index (χ1v) is 10.6. The molecule has 0 spiro atoms. The van der Waals surface area contributed by atoms with Crippen LogP contribution in [0, 0.1) is 0 Å². The molecule has 0 saturated carbocycles. The zero-order chi connectivity index (χ0) is 21.9. The SMILES string of the molecule is O=C(OCc1cc(=O)oc2ccc3ccccc3c12)c1ccc(OCC2CCCO2)cc1. The van der Waals surface area contributed by atoms with Crippen molar-refractivity contribution < 1.29 is 23.4 Å². The van der Waals surface area contributed by atoms with Crippen molar-refractivity contribution in [2.24, 2.45) is 0 Å². The average molecular weight is 430 g/mol. The van der Waals surface area contributed by atoms with Gasteiger partial charge in [0.25, 0.3) is 0 Å². The zero-order valence-electron chi connectivity index (χ0n) is 17.4. The molecule has 0 N–H and O–H groups in total. The van der Waals surface area contributed by atoms with Gasteiger partial charge < -0.3 is 18.6 Å². The van der Waals surface area contributed by atoms with E-state index in [4.69, 9.17) is 18.6 Å². The van der Waals surface area contributed by atoms with Gasteiger partial charge in [0.05, 0.1) is 11.7 Å². The number of benzene rings is 3. The van der Waals surface area contributed by atoms with Gasteiger partial charge in [-0.15, -0.1) is 0 Å². The maximum absolute atomic E-state index is 12.6. The molecule has 0 amide bonds. The lowest BCUT2D eigenvalue weighted by Crippen LogP contribution is -2.16. The third-order valence-corrected chi connectivity index (χ3v) is 5.62. The van der Waals surface area contributed by atoms with Gasteiger partial charge in [-0.25, -0.2) is 9.59 Å². The van der Waals surface area contributed by atoms with Gasteiger partial charge in [0, 0.05) is 23.6 Å². The Labute approximate surface area is 184 Å². The van der Waals surface area contributed by atoms with Crippen molar-refractivity contribution in [2.45, 2.75) is 25.6 Å². The third kappa shape index (κ3) is 4.22. The first-order chi connectivity index (χ1) is 15.7. The van der Waals surface area contributed by atoms with Crippen molar-refractivity contribution in [1.82, 2.24) is 0 Å². The first-order valence-electron chi connectivity index (χ1n) is 10.6. The maximum atomic E-state index is 12.6. The molecule has 0 aliphatic carbocycles. The molecular weight excluding hydrogens is 408 g/mol. The summed E-state index contributed by atoms with van der Waals surface area (Å²) in [5, 5.41) is 2.72. The number of carbonyl (C=O) groups is 1. The Bertz CT molecular complexity index is 1320. The van der Waals surface area contributed by atoms with Crippen LogP contribution in [0.4, 0.5) is 0 Å². The van der Waals surface area contributed by atoms with Gasteiger partial charge >= 0.3 is 11.6 Å². The highest BCUT2D eigenvalue weighted by Crippen LogP contribution is 2.28. The molecule has 1 saturated heterocycles. The van der Waals surface area contributed by atoms with Crippen LogP contribution in [0.3, 0.4) is 0 Å². The van der Waals surface area contributed by atoms with Crippen LogP contribution >= 0.6 is 0 Å². The molecule has 6 nitrogen and oxygen atoms in total. The number of esters is 1. The molecular formula is C26H22O6. The monoisotopic (exact) mass is 430 g/mol.